The van der Waals surface area contributed by atoms with Crippen molar-refractivity contribution in [3.63, 3.8) is 0 Å². The molecule has 17 nitrogen and oxygen atoms in total. The number of hydrogen-bond donors (Lipinski definition) is 3. The molecule has 0 aromatic heterocycles. The second-order valence-electron chi connectivity index (χ2n) is 28.6. The van der Waals surface area contributed by atoms with E-state index in [4.69, 9.17) is 37.0 Å². The van der Waals surface area contributed by atoms with Gasteiger partial charge in [0.15, 0.2) is 12.2 Å². The molecule has 0 saturated carbocycles. The summed E-state index contributed by atoms with van der Waals surface area (Å²) in [5, 5.41) is 10.6. The molecule has 0 aromatic rings. The predicted molar refractivity (Wildman–Crippen MR) is 395 cm³/mol. The number of hydrogen-bond acceptors (Lipinski definition) is 15. The maximum Gasteiger partial charge on any atom is 0.472 e. The molecule has 0 amide bonds. The van der Waals surface area contributed by atoms with E-state index in [0.29, 0.717) is 25.7 Å². The van der Waals surface area contributed by atoms with E-state index in [2.05, 4.69) is 41.5 Å². The van der Waals surface area contributed by atoms with Gasteiger partial charge < -0.3 is 33.8 Å². The van der Waals surface area contributed by atoms with Gasteiger partial charge >= 0.3 is 39.5 Å². The number of esters is 4. The molecule has 0 rings (SSSR count). The van der Waals surface area contributed by atoms with E-state index in [0.717, 1.165) is 115 Å². The quantitative estimate of drug-likeness (QED) is 0.0222. The highest BCUT2D eigenvalue weighted by atomic mass is 31.2. The lowest BCUT2D eigenvalue weighted by Gasteiger charge is -2.21. The van der Waals surface area contributed by atoms with Crippen LogP contribution in [0.4, 0.5) is 0 Å². The van der Waals surface area contributed by atoms with Crippen LogP contribution in [-0.2, 0) is 65.4 Å². The number of ether oxygens (including phenoxy) is 4. The first-order valence-electron chi connectivity index (χ1n) is 40.6. The normalized spacial score (nSPS) is 14.5. The molecule has 3 N–H and O–H groups in total. The minimum absolute atomic E-state index is 0.106. The van der Waals surface area contributed by atoms with Crippen molar-refractivity contribution in [3.8, 4) is 0 Å². The average molecular weight is 1420 g/mol. The van der Waals surface area contributed by atoms with Crippen LogP contribution in [-0.4, -0.2) is 96.7 Å². The highest BCUT2D eigenvalue weighted by molar-refractivity contribution is 7.47. The molecular formula is C78H152O17P2. The summed E-state index contributed by atoms with van der Waals surface area (Å²) in [5.74, 6) is -0.506. The number of phosphoric ester groups is 2. The zero-order valence-electron chi connectivity index (χ0n) is 63.4. The van der Waals surface area contributed by atoms with Crippen LogP contribution < -0.4 is 0 Å². The zero-order chi connectivity index (χ0) is 71.4. The van der Waals surface area contributed by atoms with Gasteiger partial charge in [0, 0.05) is 25.7 Å². The van der Waals surface area contributed by atoms with Crippen molar-refractivity contribution in [2.75, 3.05) is 39.6 Å². The molecule has 0 spiro atoms. The molecule has 7 atom stereocenters. The molecule has 0 bridgehead atoms. The van der Waals surface area contributed by atoms with Gasteiger partial charge in [-0.25, -0.2) is 9.13 Å². The van der Waals surface area contributed by atoms with Crippen LogP contribution in [0.3, 0.4) is 0 Å². The number of unbranched alkanes of at least 4 members (excludes halogenated alkanes) is 45. The molecule has 4 unspecified atom stereocenters. The Balaban J connectivity index is 5.16. The summed E-state index contributed by atoms with van der Waals surface area (Å²) in [6.07, 6.45) is 58.4. The number of carbonyl (C=O) groups is 4. The summed E-state index contributed by atoms with van der Waals surface area (Å²) >= 11 is 0. The first kappa shape index (κ1) is 95.1. The molecule has 0 radical (unpaired) electrons. The minimum atomic E-state index is -4.96. The van der Waals surface area contributed by atoms with Crippen molar-refractivity contribution in [2.24, 2.45) is 11.8 Å². The van der Waals surface area contributed by atoms with Crippen molar-refractivity contribution in [2.45, 2.75) is 426 Å². The van der Waals surface area contributed by atoms with Crippen LogP contribution in [0.2, 0.25) is 0 Å². The number of aliphatic hydroxyl groups is 1. The van der Waals surface area contributed by atoms with E-state index in [1.807, 2.05) is 0 Å². The predicted octanol–water partition coefficient (Wildman–Crippen LogP) is 23.1. The molecule has 0 saturated heterocycles. The third kappa shape index (κ3) is 69.5. The van der Waals surface area contributed by atoms with Gasteiger partial charge in [-0.05, 0) is 37.5 Å². The highest BCUT2D eigenvalue weighted by Crippen LogP contribution is 2.45. The Bertz CT molecular complexity index is 1880. The summed E-state index contributed by atoms with van der Waals surface area (Å²) < 4.78 is 68.5. The molecule has 0 aliphatic rings. The van der Waals surface area contributed by atoms with Crippen LogP contribution in [0.25, 0.3) is 0 Å². The zero-order valence-corrected chi connectivity index (χ0v) is 65.2. The lowest BCUT2D eigenvalue weighted by Crippen LogP contribution is -2.30. The summed E-state index contributed by atoms with van der Waals surface area (Å²) in [7, 11) is -9.91. The molecular weight excluding hydrogens is 1270 g/mol. The van der Waals surface area contributed by atoms with Gasteiger partial charge in [0.1, 0.15) is 19.3 Å². The molecule has 0 fully saturated rings. The van der Waals surface area contributed by atoms with E-state index in [9.17, 15) is 43.2 Å². The number of phosphoric acid groups is 2. The topological polar surface area (TPSA) is 237 Å². The maximum atomic E-state index is 13.1. The van der Waals surface area contributed by atoms with Crippen molar-refractivity contribution < 1.29 is 80.2 Å². The fourth-order valence-electron chi connectivity index (χ4n) is 11.9. The van der Waals surface area contributed by atoms with Gasteiger partial charge in [-0.15, -0.1) is 0 Å². The second kappa shape index (κ2) is 69.8. The van der Waals surface area contributed by atoms with E-state index in [1.165, 1.54) is 212 Å². The standard InChI is InChI=1S/C78H152O17P2/c1-7-11-13-15-17-18-19-20-21-22-23-24-25-26-27-28-29-30-38-44-50-56-62-77(82)95-74(67-89-76(81)61-55-49-43-37-33-31-35-41-46-52-58-70(5)9-3)69-93-97(86,87)91-65-72(79)64-90-96(84,85)92-68-73(66-88-75(80)60-54-48-40-16-14-12-8-2)94-78(83)63-57-51-45-39-34-32-36-42-47-53-59-71(6)10-4/h70-74,79H,7-69H2,1-6H3,(H,84,85)(H,86,87)/t70?,71?,72-,73+,74+/m0/s1. The molecule has 0 aliphatic heterocycles. The number of aliphatic hydroxyl groups excluding tert-OH is 1. The molecule has 0 aromatic carbocycles. The lowest BCUT2D eigenvalue weighted by atomic mass is 9.99. The van der Waals surface area contributed by atoms with E-state index in [1.54, 1.807) is 0 Å². The van der Waals surface area contributed by atoms with E-state index < -0.39 is 97.5 Å². The molecule has 19 heteroatoms. The van der Waals surface area contributed by atoms with Gasteiger partial charge in [-0.2, -0.15) is 0 Å². The summed E-state index contributed by atoms with van der Waals surface area (Å²) in [6, 6.07) is 0. The Morgan fingerprint density at radius 1 is 0.289 bits per heavy atom. The van der Waals surface area contributed by atoms with Crippen molar-refractivity contribution in [3.05, 3.63) is 0 Å². The number of rotatable bonds is 77. The SMILES string of the molecule is CCCCCCCCCCCCCCCCCCCCCCCCC(=O)O[C@H](COC(=O)CCCCCCCCCCCCC(C)CC)COP(=O)(O)OC[C@@H](O)COP(=O)(O)OC[C@@H](COC(=O)CCCCCCCCC)OC(=O)CCCCCCCCCCCCC(C)CC. The van der Waals surface area contributed by atoms with Crippen molar-refractivity contribution >= 4 is 39.5 Å². The smallest absolute Gasteiger partial charge is 0.462 e. The van der Waals surface area contributed by atoms with Crippen LogP contribution in [0.1, 0.15) is 408 Å². The molecule has 0 heterocycles. The van der Waals surface area contributed by atoms with Gasteiger partial charge in [0.05, 0.1) is 26.4 Å². The fraction of sp³-hybridized carbons (Fsp3) is 0.949. The first-order chi connectivity index (χ1) is 46.9. The van der Waals surface area contributed by atoms with Crippen molar-refractivity contribution in [1.29, 1.82) is 0 Å². The largest absolute Gasteiger partial charge is 0.472 e. The summed E-state index contributed by atoms with van der Waals surface area (Å²) in [6.45, 7) is 9.61. The molecule has 97 heavy (non-hydrogen) atoms. The van der Waals surface area contributed by atoms with Crippen LogP contribution in [0.15, 0.2) is 0 Å². The third-order valence-electron chi connectivity index (χ3n) is 18.9. The molecule has 0 aliphatic carbocycles. The van der Waals surface area contributed by atoms with E-state index >= 15 is 0 Å². The number of carbonyl (C=O) groups excluding carboxylic acids is 4. The maximum absolute atomic E-state index is 13.1. The van der Waals surface area contributed by atoms with Gasteiger partial charge in [0.2, 0.25) is 0 Å². The Morgan fingerprint density at radius 2 is 0.495 bits per heavy atom. The van der Waals surface area contributed by atoms with Crippen LogP contribution in [0.5, 0.6) is 0 Å². The Morgan fingerprint density at radius 3 is 0.732 bits per heavy atom. The van der Waals surface area contributed by atoms with Gasteiger partial charge in [-0.1, -0.05) is 356 Å². The minimum Gasteiger partial charge on any atom is -0.462 e. The average Bonchev–Trinajstić information content (AvgIpc) is 1.22. The van der Waals surface area contributed by atoms with Crippen molar-refractivity contribution in [1.82, 2.24) is 0 Å². The molecule has 576 valence electrons. The third-order valence-corrected chi connectivity index (χ3v) is 20.8. The Hall–Kier alpha value is -1.94. The Kier molecular flexibility index (Phi) is 68.4. The highest BCUT2D eigenvalue weighted by Gasteiger charge is 2.30. The summed E-state index contributed by atoms with van der Waals surface area (Å²) in [4.78, 5) is 72.7. The lowest BCUT2D eigenvalue weighted by molar-refractivity contribution is -0.161. The summed E-state index contributed by atoms with van der Waals surface area (Å²) in [5.41, 5.74) is 0. The van der Waals surface area contributed by atoms with Crippen LogP contribution >= 0.6 is 15.6 Å². The van der Waals surface area contributed by atoms with Gasteiger partial charge in [-0.3, -0.25) is 37.3 Å². The monoisotopic (exact) mass is 1420 g/mol. The fourth-order valence-corrected chi connectivity index (χ4v) is 13.5. The van der Waals surface area contributed by atoms with Gasteiger partial charge in [0.25, 0.3) is 0 Å². The first-order valence-corrected chi connectivity index (χ1v) is 43.6. The second-order valence-corrected chi connectivity index (χ2v) is 31.5. The Labute approximate surface area is 594 Å². The van der Waals surface area contributed by atoms with E-state index in [-0.39, 0.29) is 25.7 Å². The van der Waals surface area contributed by atoms with Crippen LogP contribution in [0, 0.1) is 11.8 Å².